The van der Waals surface area contributed by atoms with Gasteiger partial charge in [0.05, 0.1) is 17.2 Å². The molecule has 16 heavy (non-hydrogen) atoms. The molecule has 0 aromatic carbocycles. The Balaban J connectivity index is 5.49. The molecule has 0 aromatic heterocycles. The smallest absolute Gasteiger partial charge is 0.241 e. The van der Waals surface area contributed by atoms with E-state index >= 15 is 0 Å². The van der Waals surface area contributed by atoms with Crippen molar-refractivity contribution in [3.63, 3.8) is 0 Å². The van der Waals surface area contributed by atoms with Gasteiger partial charge in [0.25, 0.3) is 0 Å². The van der Waals surface area contributed by atoms with Crippen LogP contribution in [0, 0.1) is 0 Å². The summed E-state index contributed by atoms with van der Waals surface area (Å²) in [6.45, 7) is 8.68. The van der Waals surface area contributed by atoms with Gasteiger partial charge in [-0.05, 0) is 13.0 Å². The van der Waals surface area contributed by atoms with Crippen LogP contribution in [0.15, 0.2) is 46.5 Å². The number of hydrogen-bond donors (Lipinski definition) is 4. The molecule has 0 rings (SSSR count). The van der Waals surface area contributed by atoms with E-state index < -0.39 is 5.88 Å². The van der Waals surface area contributed by atoms with Crippen molar-refractivity contribution in [1.82, 2.24) is 0 Å². The summed E-state index contributed by atoms with van der Waals surface area (Å²) in [7, 11) is 0. The van der Waals surface area contributed by atoms with Gasteiger partial charge in [0.1, 0.15) is 5.70 Å². The second-order valence-electron chi connectivity index (χ2n) is 2.96. The molecule has 0 heterocycles. The van der Waals surface area contributed by atoms with Crippen molar-refractivity contribution in [3.8, 4) is 0 Å². The summed E-state index contributed by atoms with van der Waals surface area (Å²) in [5.74, 6) is -0.223. The number of hydrogen-bond acceptors (Lipinski definition) is 5. The predicted molar refractivity (Wildman–Crippen MR) is 67.0 cm³/mol. The van der Waals surface area contributed by atoms with Gasteiger partial charge in [-0.25, -0.2) is 4.99 Å². The highest BCUT2D eigenvalue weighted by Crippen LogP contribution is 2.11. The molecule has 7 N–H and O–H groups in total. The summed E-state index contributed by atoms with van der Waals surface area (Å²) in [6.07, 6.45) is 1.45. The fraction of sp³-hybridized carbons (Fsp3) is 0.200. The average Bonchev–Trinajstić information content (AvgIpc) is 2.17. The van der Waals surface area contributed by atoms with Crippen molar-refractivity contribution in [1.29, 1.82) is 0 Å². The second-order valence-corrected chi connectivity index (χ2v) is 2.96. The fourth-order valence-electron chi connectivity index (χ4n) is 0.804. The van der Waals surface area contributed by atoms with Crippen molar-refractivity contribution in [2.24, 2.45) is 27.2 Å². The number of amidine groups is 1. The van der Waals surface area contributed by atoms with E-state index in [0.717, 1.165) is 0 Å². The molecule has 0 atom stereocenters. The third-order valence-corrected chi connectivity index (χ3v) is 1.50. The van der Waals surface area contributed by atoms with E-state index in [1.807, 2.05) is 0 Å². The van der Waals surface area contributed by atoms with Crippen LogP contribution in [0.5, 0.6) is 0 Å². The fourth-order valence-corrected chi connectivity index (χ4v) is 0.804. The van der Waals surface area contributed by atoms with Crippen molar-refractivity contribution < 1.29 is 5.11 Å². The zero-order valence-corrected chi connectivity index (χ0v) is 9.27. The summed E-state index contributed by atoms with van der Waals surface area (Å²) in [6, 6.07) is 0. The van der Waals surface area contributed by atoms with Crippen LogP contribution in [0.4, 0.5) is 0 Å². The van der Waals surface area contributed by atoms with Gasteiger partial charge in [-0.2, -0.15) is 4.99 Å². The number of nitrogens with zero attached hydrogens (tertiary/aromatic N) is 2. The normalized spacial score (nSPS) is 14.4. The van der Waals surface area contributed by atoms with Gasteiger partial charge in [-0.3, -0.25) is 0 Å². The monoisotopic (exact) mass is 223 g/mol. The molecule has 0 aliphatic heterocycles. The number of aliphatic imine (C=N–C) groups is 2. The van der Waals surface area contributed by atoms with E-state index in [1.165, 1.54) is 13.0 Å². The molecule has 0 saturated carbocycles. The van der Waals surface area contributed by atoms with Gasteiger partial charge in [-0.1, -0.05) is 13.2 Å². The Bertz CT molecular complexity index is 375. The van der Waals surface area contributed by atoms with Crippen LogP contribution in [-0.4, -0.2) is 23.2 Å². The van der Waals surface area contributed by atoms with E-state index in [9.17, 15) is 5.11 Å². The number of rotatable bonds is 5. The molecular weight excluding hydrogens is 206 g/mol. The SMILES string of the molecule is C=C\C(CN)=N/C(C(=C)N)=C(O)/N=C(/C)N. The Kier molecular flexibility index (Phi) is 5.58. The minimum atomic E-state index is -0.402. The maximum atomic E-state index is 9.58. The molecule has 0 bridgehead atoms. The average molecular weight is 223 g/mol. The Morgan fingerprint density at radius 3 is 2.25 bits per heavy atom. The van der Waals surface area contributed by atoms with Crippen molar-refractivity contribution in [3.05, 3.63) is 36.5 Å². The summed E-state index contributed by atoms with van der Waals surface area (Å²) in [5.41, 5.74) is 16.7. The standard InChI is InChI=1S/C10H17N5O/c1-4-8(5-11)15-9(6(2)12)10(16)14-7(3)13/h4,16H,1-2,5,11-12H2,3H3,(H2,13,14)/b10-9-,15-8+. The van der Waals surface area contributed by atoms with E-state index in [-0.39, 0.29) is 23.8 Å². The molecule has 0 spiro atoms. The van der Waals surface area contributed by atoms with E-state index in [0.29, 0.717) is 5.71 Å². The molecule has 0 aromatic rings. The third-order valence-electron chi connectivity index (χ3n) is 1.50. The van der Waals surface area contributed by atoms with Gasteiger partial charge >= 0.3 is 0 Å². The topological polar surface area (TPSA) is 123 Å². The molecule has 0 saturated heterocycles. The summed E-state index contributed by atoms with van der Waals surface area (Å²) >= 11 is 0. The first kappa shape index (κ1) is 13.9. The lowest BCUT2D eigenvalue weighted by atomic mass is 10.3. The molecule has 6 heteroatoms. The van der Waals surface area contributed by atoms with Gasteiger partial charge in [0.15, 0.2) is 0 Å². The van der Waals surface area contributed by atoms with Crippen LogP contribution in [0.2, 0.25) is 0 Å². The first-order chi connectivity index (χ1) is 7.42. The van der Waals surface area contributed by atoms with Crippen molar-refractivity contribution in [2.75, 3.05) is 6.54 Å². The highest BCUT2D eigenvalue weighted by atomic mass is 16.3. The molecule has 0 unspecified atom stereocenters. The Labute approximate surface area is 94.6 Å². The van der Waals surface area contributed by atoms with Crippen LogP contribution in [0.3, 0.4) is 0 Å². The Morgan fingerprint density at radius 2 is 1.94 bits per heavy atom. The molecule has 0 aliphatic carbocycles. The van der Waals surface area contributed by atoms with Gasteiger partial charge in [0, 0.05) is 6.54 Å². The third kappa shape index (κ3) is 4.43. The lowest BCUT2D eigenvalue weighted by Gasteiger charge is -2.04. The van der Waals surface area contributed by atoms with E-state index in [2.05, 4.69) is 23.1 Å². The van der Waals surface area contributed by atoms with Crippen LogP contribution in [0.25, 0.3) is 0 Å². The molecular formula is C10H17N5O. The summed E-state index contributed by atoms with van der Waals surface area (Å²) < 4.78 is 0. The largest absolute Gasteiger partial charge is 0.492 e. The minimum Gasteiger partial charge on any atom is -0.492 e. The molecule has 0 radical (unpaired) electrons. The maximum Gasteiger partial charge on any atom is 0.241 e. The van der Waals surface area contributed by atoms with Crippen molar-refractivity contribution in [2.45, 2.75) is 6.92 Å². The molecule has 0 aliphatic rings. The number of aliphatic hydroxyl groups excluding tert-OH is 1. The van der Waals surface area contributed by atoms with Crippen LogP contribution < -0.4 is 17.2 Å². The lowest BCUT2D eigenvalue weighted by molar-refractivity contribution is 0.400. The van der Waals surface area contributed by atoms with Gasteiger partial charge in [0.2, 0.25) is 5.88 Å². The quantitative estimate of drug-likeness (QED) is 0.229. The van der Waals surface area contributed by atoms with E-state index in [1.54, 1.807) is 0 Å². The van der Waals surface area contributed by atoms with Crippen LogP contribution in [0.1, 0.15) is 6.92 Å². The first-order valence-electron chi connectivity index (χ1n) is 4.51. The first-order valence-corrected chi connectivity index (χ1v) is 4.51. The number of nitrogens with two attached hydrogens (primary N) is 3. The molecule has 0 fully saturated rings. The maximum absolute atomic E-state index is 9.58. The van der Waals surface area contributed by atoms with Gasteiger partial charge < -0.3 is 22.3 Å². The molecule has 0 amide bonds. The molecule has 88 valence electrons. The predicted octanol–water partition coefficient (Wildman–Crippen LogP) is 0.149. The lowest BCUT2D eigenvalue weighted by Crippen LogP contribution is -2.13. The highest BCUT2D eigenvalue weighted by molar-refractivity contribution is 5.97. The Hall–Kier alpha value is -2.08. The highest BCUT2D eigenvalue weighted by Gasteiger charge is 2.06. The van der Waals surface area contributed by atoms with Crippen LogP contribution in [-0.2, 0) is 0 Å². The summed E-state index contributed by atoms with van der Waals surface area (Å²) in [4.78, 5) is 7.61. The van der Waals surface area contributed by atoms with Gasteiger partial charge in [-0.15, -0.1) is 0 Å². The van der Waals surface area contributed by atoms with E-state index in [4.69, 9.17) is 17.2 Å². The Morgan fingerprint density at radius 1 is 1.38 bits per heavy atom. The number of aliphatic hydroxyl groups is 1. The second kappa shape index (κ2) is 6.41. The summed E-state index contributed by atoms with van der Waals surface area (Å²) in [5, 5.41) is 9.58. The van der Waals surface area contributed by atoms with Crippen molar-refractivity contribution >= 4 is 11.5 Å². The molecule has 6 nitrogen and oxygen atoms in total. The zero-order valence-electron chi connectivity index (χ0n) is 9.27. The zero-order chi connectivity index (χ0) is 12.7. The van der Waals surface area contributed by atoms with Crippen LogP contribution >= 0.6 is 0 Å². The minimum absolute atomic E-state index is 0.0325.